The van der Waals surface area contributed by atoms with Gasteiger partial charge in [-0.3, -0.25) is 0 Å². The van der Waals surface area contributed by atoms with Crippen LogP contribution >= 0.6 is 0 Å². The number of fused-ring (bicyclic) bond motifs is 1. The third-order valence-electron chi connectivity index (χ3n) is 2.42. The maximum Gasteiger partial charge on any atom is 0.534 e. The van der Waals surface area contributed by atoms with Crippen LogP contribution in [0.15, 0.2) is 18.2 Å². The number of aryl methyl sites for hydroxylation is 2. The molecule has 1 aromatic carbocycles. The minimum Gasteiger partial charge on any atom is -0.353 e. The molecule has 0 aliphatic heterocycles. The molecule has 9 heteroatoms. The molecule has 0 amide bonds. The summed E-state index contributed by atoms with van der Waals surface area (Å²) in [6.45, 7) is 3.13. The van der Waals surface area contributed by atoms with Crippen molar-refractivity contribution in [2.24, 2.45) is 0 Å². The Hall–Kier alpha value is -1.90. The van der Waals surface area contributed by atoms with E-state index in [1.807, 2.05) is 6.92 Å². The second kappa shape index (κ2) is 4.58. The maximum atomic E-state index is 12.3. The number of benzene rings is 1. The van der Waals surface area contributed by atoms with Crippen LogP contribution in [0.1, 0.15) is 11.3 Å². The number of hydrogen-bond acceptors (Lipinski definition) is 5. The van der Waals surface area contributed by atoms with Crippen LogP contribution < -0.4 is 4.18 Å². The van der Waals surface area contributed by atoms with E-state index in [1.54, 1.807) is 12.1 Å². The summed E-state index contributed by atoms with van der Waals surface area (Å²) in [5.74, 6) is -0.682. The van der Waals surface area contributed by atoms with E-state index in [2.05, 4.69) is 14.2 Å². The second-order valence-electron chi connectivity index (χ2n) is 4.09. The van der Waals surface area contributed by atoms with Crippen LogP contribution in [0.2, 0.25) is 0 Å². The fraction of sp³-hybridized carbons (Fsp3) is 0.273. The van der Waals surface area contributed by atoms with Crippen LogP contribution in [0.4, 0.5) is 13.2 Å². The lowest BCUT2D eigenvalue weighted by atomic mass is 10.2. The van der Waals surface area contributed by atoms with Crippen molar-refractivity contribution in [3.05, 3.63) is 29.5 Å². The van der Waals surface area contributed by atoms with Crippen molar-refractivity contribution in [1.29, 1.82) is 0 Å². The Labute approximate surface area is 112 Å². The average molecular weight is 306 g/mol. The molecule has 0 N–H and O–H groups in total. The minimum atomic E-state index is -5.75. The third-order valence-corrected chi connectivity index (χ3v) is 3.37. The number of rotatable bonds is 2. The van der Waals surface area contributed by atoms with Gasteiger partial charge in [-0.15, -0.1) is 0 Å². The molecule has 108 valence electrons. The molecule has 2 aromatic rings. The molecule has 20 heavy (non-hydrogen) atoms. The van der Waals surface area contributed by atoms with E-state index in [9.17, 15) is 21.6 Å². The summed E-state index contributed by atoms with van der Waals surface area (Å²) in [7, 11) is -5.75. The first-order valence-electron chi connectivity index (χ1n) is 5.36. The van der Waals surface area contributed by atoms with E-state index in [4.69, 9.17) is 0 Å². The first kappa shape index (κ1) is 14.5. The Morgan fingerprint density at radius 2 is 1.75 bits per heavy atom. The molecule has 0 spiro atoms. The van der Waals surface area contributed by atoms with Gasteiger partial charge in [0.2, 0.25) is 0 Å². The van der Waals surface area contributed by atoms with Crippen molar-refractivity contribution >= 4 is 21.2 Å². The van der Waals surface area contributed by atoms with Crippen LogP contribution in [-0.4, -0.2) is 23.9 Å². The summed E-state index contributed by atoms with van der Waals surface area (Å²) >= 11 is 0. The van der Waals surface area contributed by atoms with Gasteiger partial charge < -0.3 is 4.18 Å². The molecular weight excluding hydrogens is 297 g/mol. The molecule has 0 saturated heterocycles. The lowest BCUT2D eigenvalue weighted by Crippen LogP contribution is -2.28. The molecule has 0 bridgehead atoms. The summed E-state index contributed by atoms with van der Waals surface area (Å²) in [4.78, 5) is 7.73. The maximum absolute atomic E-state index is 12.3. The number of alkyl halides is 3. The third kappa shape index (κ3) is 2.67. The zero-order chi connectivity index (χ0) is 15.1. The van der Waals surface area contributed by atoms with Crippen LogP contribution in [0.5, 0.6) is 5.88 Å². The van der Waals surface area contributed by atoms with Crippen molar-refractivity contribution < 1.29 is 25.8 Å². The normalized spacial score (nSPS) is 12.7. The molecule has 0 atom stereocenters. The van der Waals surface area contributed by atoms with Crippen molar-refractivity contribution in [3.8, 4) is 5.88 Å². The molecule has 1 aromatic heterocycles. The molecule has 0 aliphatic rings. The second-order valence-corrected chi connectivity index (χ2v) is 5.63. The molecule has 5 nitrogen and oxygen atoms in total. The van der Waals surface area contributed by atoms with Crippen molar-refractivity contribution in [3.63, 3.8) is 0 Å². The predicted molar refractivity (Wildman–Crippen MR) is 64.6 cm³/mol. The fourth-order valence-corrected chi connectivity index (χ4v) is 1.93. The van der Waals surface area contributed by atoms with Gasteiger partial charge in [-0.25, -0.2) is 9.97 Å². The van der Waals surface area contributed by atoms with E-state index in [-0.39, 0.29) is 11.2 Å². The number of nitrogens with zero attached hydrogens (tertiary/aromatic N) is 2. The summed E-state index contributed by atoms with van der Waals surface area (Å²) < 4.78 is 62.7. The topological polar surface area (TPSA) is 69.2 Å². The lowest BCUT2D eigenvalue weighted by Gasteiger charge is -2.10. The SMILES string of the molecule is Cc1ccc2nc(OS(=O)(=O)C(F)(F)F)c(C)nc2c1. The highest BCUT2D eigenvalue weighted by Crippen LogP contribution is 2.28. The number of halogens is 3. The van der Waals surface area contributed by atoms with Gasteiger partial charge in [-0.1, -0.05) is 6.07 Å². The Bertz CT molecular complexity index is 772. The minimum absolute atomic E-state index is 0.0454. The summed E-state index contributed by atoms with van der Waals surface area (Å²) in [5, 5.41) is 0. The number of hydrogen-bond donors (Lipinski definition) is 0. The Kier molecular flexibility index (Phi) is 3.32. The molecule has 0 aliphatic carbocycles. The molecule has 2 rings (SSSR count). The smallest absolute Gasteiger partial charge is 0.353 e. The zero-order valence-electron chi connectivity index (χ0n) is 10.4. The largest absolute Gasteiger partial charge is 0.534 e. The van der Waals surface area contributed by atoms with Gasteiger partial charge in [0.1, 0.15) is 5.69 Å². The van der Waals surface area contributed by atoms with Gasteiger partial charge in [0, 0.05) is 0 Å². The molecule has 0 saturated carbocycles. The Balaban J connectivity index is 2.51. The predicted octanol–water partition coefficient (Wildman–Crippen LogP) is 2.48. The highest BCUT2D eigenvalue weighted by molar-refractivity contribution is 7.87. The van der Waals surface area contributed by atoms with E-state index in [0.29, 0.717) is 5.52 Å². The average Bonchev–Trinajstić information content (AvgIpc) is 2.28. The van der Waals surface area contributed by atoms with Gasteiger partial charge in [0.05, 0.1) is 11.0 Å². The Morgan fingerprint density at radius 3 is 2.35 bits per heavy atom. The first-order chi connectivity index (χ1) is 9.10. The van der Waals surface area contributed by atoms with Gasteiger partial charge in [-0.05, 0) is 31.5 Å². The monoisotopic (exact) mass is 306 g/mol. The standard InChI is InChI=1S/C11H9F3N2O3S/c1-6-3-4-8-9(5-6)15-7(2)10(16-8)19-20(17,18)11(12,13)14/h3-5H,1-2H3. The molecule has 1 heterocycles. The van der Waals surface area contributed by atoms with Crippen LogP contribution in [0, 0.1) is 13.8 Å². The van der Waals surface area contributed by atoms with Crippen LogP contribution in [0.25, 0.3) is 11.0 Å². The van der Waals surface area contributed by atoms with Gasteiger partial charge >= 0.3 is 15.6 Å². The Morgan fingerprint density at radius 1 is 1.10 bits per heavy atom. The molecule has 0 fully saturated rings. The zero-order valence-corrected chi connectivity index (χ0v) is 11.2. The van der Waals surface area contributed by atoms with Gasteiger partial charge in [-0.2, -0.15) is 21.6 Å². The summed E-state index contributed by atoms with van der Waals surface area (Å²) in [6.07, 6.45) is 0. The van der Waals surface area contributed by atoms with E-state index >= 15 is 0 Å². The van der Waals surface area contributed by atoms with Crippen molar-refractivity contribution in [1.82, 2.24) is 9.97 Å². The van der Waals surface area contributed by atoms with E-state index in [0.717, 1.165) is 5.56 Å². The fourth-order valence-electron chi connectivity index (χ4n) is 1.47. The van der Waals surface area contributed by atoms with Crippen molar-refractivity contribution in [2.45, 2.75) is 19.4 Å². The molecule has 0 radical (unpaired) electrons. The van der Waals surface area contributed by atoms with Crippen molar-refractivity contribution in [2.75, 3.05) is 0 Å². The van der Waals surface area contributed by atoms with Gasteiger partial charge in [0.25, 0.3) is 5.88 Å². The lowest BCUT2D eigenvalue weighted by molar-refractivity contribution is -0.0501. The van der Waals surface area contributed by atoms with Gasteiger partial charge in [0.15, 0.2) is 0 Å². The molecular formula is C11H9F3N2O3S. The van der Waals surface area contributed by atoms with Crippen LogP contribution in [-0.2, 0) is 10.1 Å². The number of aromatic nitrogens is 2. The summed E-state index contributed by atoms with van der Waals surface area (Å²) in [5.41, 5.74) is -3.98. The highest BCUT2D eigenvalue weighted by atomic mass is 32.2. The van der Waals surface area contributed by atoms with E-state index in [1.165, 1.54) is 13.0 Å². The van der Waals surface area contributed by atoms with E-state index < -0.39 is 21.5 Å². The highest BCUT2D eigenvalue weighted by Gasteiger charge is 2.49. The quantitative estimate of drug-likeness (QED) is 0.630. The summed E-state index contributed by atoms with van der Waals surface area (Å²) in [6, 6.07) is 4.87. The molecule has 0 unspecified atom stereocenters. The first-order valence-corrected chi connectivity index (χ1v) is 6.77. The van der Waals surface area contributed by atoms with Crippen LogP contribution in [0.3, 0.4) is 0 Å².